The second kappa shape index (κ2) is 8.64. The van der Waals surface area contributed by atoms with E-state index in [1.807, 2.05) is 18.2 Å². The third-order valence-electron chi connectivity index (χ3n) is 4.65. The molecule has 9 heteroatoms. The Morgan fingerprint density at radius 3 is 2.12 bits per heavy atom. The molecule has 162 valence electrons. The number of anilines is 2. The summed E-state index contributed by atoms with van der Waals surface area (Å²) in [5, 5.41) is 6.19. The molecule has 0 bridgehead atoms. The van der Waals surface area contributed by atoms with Crippen molar-refractivity contribution in [2.24, 2.45) is 0 Å². The topological polar surface area (TPSA) is 105 Å². The number of hydrogen-bond acceptors (Lipinski definition) is 5. The Kier molecular flexibility index (Phi) is 5.74. The summed E-state index contributed by atoms with van der Waals surface area (Å²) in [6, 6.07) is 20.5. The molecule has 2 amide bonds. The molecule has 1 heterocycles. The van der Waals surface area contributed by atoms with Crippen LogP contribution in [-0.2, 0) is 21.4 Å². The third kappa shape index (κ3) is 5.01. The highest BCUT2D eigenvalue weighted by Crippen LogP contribution is 2.20. The highest BCUT2D eigenvalue weighted by atomic mass is 32.3. The van der Waals surface area contributed by atoms with Crippen LogP contribution in [0.5, 0.6) is 0 Å². The van der Waals surface area contributed by atoms with E-state index in [2.05, 4.69) is 10.6 Å². The molecule has 0 unspecified atom stereocenters. The van der Waals surface area contributed by atoms with Gasteiger partial charge >= 0.3 is 10.2 Å². The molecule has 0 aliphatic carbocycles. The molecule has 0 saturated carbocycles. The molecule has 7 nitrogen and oxygen atoms in total. The second-order valence-electron chi connectivity index (χ2n) is 6.99. The molecule has 0 aliphatic rings. The van der Waals surface area contributed by atoms with Crippen LogP contribution >= 0.6 is 0 Å². The van der Waals surface area contributed by atoms with Gasteiger partial charge in [-0.05, 0) is 54.1 Å². The average molecular weight is 452 g/mol. The number of rotatable bonds is 6. The summed E-state index contributed by atoms with van der Waals surface area (Å²) in [6.45, 7) is 0. The second-order valence-corrected chi connectivity index (χ2v) is 8.33. The van der Waals surface area contributed by atoms with E-state index in [4.69, 9.17) is 4.42 Å². The molecule has 0 saturated heterocycles. The maximum atomic E-state index is 12.9. The van der Waals surface area contributed by atoms with Crippen LogP contribution in [-0.4, -0.2) is 20.2 Å². The molecule has 4 aromatic rings. The summed E-state index contributed by atoms with van der Waals surface area (Å²) >= 11 is 0. The average Bonchev–Trinajstić information content (AvgIpc) is 3.19. The van der Waals surface area contributed by atoms with Gasteiger partial charge in [-0.2, -0.15) is 8.42 Å². The van der Waals surface area contributed by atoms with Gasteiger partial charge in [-0.25, -0.2) is 0 Å². The van der Waals surface area contributed by atoms with Crippen LogP contribution in [0.3, 0.4) is 0 Å². The first-order valence-corrected chi connectivity index (χ1v) is 10.9. The fourth-order valence-electron chi connectivity index (χ4n) is 3.08. The maximum absolute atomic E-state index is 12.9. The third-order valence-corrected chi connectivity index (χ3v) is 5.48. The first kappa shape index (κ1) is 21.3. The SMILES string of the molecule is O=C(Cc1ccc(NC(=O)c2cc3ccccc3o2)cc1)Nc1ccc(S(=O)(=O)F)cc1. The number of benzene rings is 3. The standard InChI is InChI=1S/C23H17FN2O5S/c24-32(29,30)19-11-9-17(10-12-19)25-22(27)13-15-5-7-18(8-6-15)26-23(28)21-14-16-3-1-2-4-20(16)31-21/h1-12,14H,13H2,(H,25,27)(H,26,28). The lowest BCUT2D eigenvalue weighted by molar-refractivity contribution is -0.115. The Morgan fingerprint density at radius 2 is 1.47 bits per heavy atom. The number of fused-ring (bicyclic) bond motifs is 1. The molecule has 0 radical (unpaired) electrons. The Hall–Kier alpha value is -3.98. The van der Waals surface area contributed by atoms with Gasteiger partial charge in [0.25, 0.3) is 5.91 Å². The highest BCUT2D eigenvalue weighted by Gasteiger charge is 2.13. The van der Waals surface area contributed by atoms with Gasteiger partial charge in [0.05, 0.1) is 11.3 Å². The van der Waals surface area contributed by atoms with Gasteiger partial charge in [0, 0.05) is 16.8 Å². The fourth-order valence-corrected chi connectivity index (χ4v) is 3.54. The number of furan rings is 1. The first-order chi connectivity index (χ1) is 15.3. The number of amides is 2. The van der Waals surface area contributed by atoms with Crippen molar-refractivity contribution in [3.8, 4) is 0 Å². The molecule has 4 rings (SSSR count). The van der Waals surface area contributed by atoms with Crippen molar-refractivity contribution in [3.63, 3.8) is 0 Å². The predicted octanol–water partition coefficient (Wildman–Crippen LogP) is 4.52. The number of para-hydroxylation sites is 1. The molecular formula is C23H17FN2O5S. The van der Waals surface area contributed by atoms with Crippen LogP contribution in [0.25, 0.3) is 11.0 Å². The minimum absolute atomic E-state index is 0.0565. The molecule has 0 fully saturated rings. The first-order valence-electron chi connectivity index (χ1n) is 9.51. The normalized spacial score (nSPS) is 11.3. The molecule has 0 spiro atoms. The zero-order chi connectivity index (χ0) is 22.7. The Bertz CT molecular complexity index is 1360. The van der Waals surface area contributed by atoms with E-state index >= 15 is 0 Å². The van der Waals surface area contributed by atoms with Crippen molar-refractivity contribution in [2.75, 3.05) is 10.6 Å². The molecule has 0 aliphatic heterocycles. The van der Waals surface area contributed by atoms with Crippen molar-refractivity contribution in [3.05, 3.63) is 90.2 Å². The molecule has 1 aromatic heterocycles. The van der Waals surface area contributed by atoms with E-state index in [-0.39, 0.29) is 24.0 Å². The van der Waals surface area contributed by atoms with Gasteiger partial charge in [0.1, 0.15) is 5.58 Å². The summed E-state index contributed by atoms with van der Waals surface area (Å²) in [7, 11) is -4.78. The number of carbonyl (C=O) groups excluding carboxylic acids is 2. The summed E-state index contributed by atoms with van der Waals surface area (Å²) in [4.78, 5) is 24.1. The van der Waals surface area contributed by atoms with Crippen molar-refractivity contribution in [2.45, 2.75) is 11.3 Å². The molecule has 0 atom stereocenters. The Balaban J connectivity index is 1.35. The van der Waals surface area contributed by atoms with Gasteiger partial charge < -0.3 is 15.1 Å². The quantitative estimate of drug-likeness (QED) is 0.418. The smallest absolute Gasteiger partial charge is 0.332 e. The van der Waals surface area contributed by atoms with Crippen molar-refractivity contribution in [1.82, 2.24) is 0 Å². The Labute approximate surface area is 183 Å². The van der Waals surface area contributed by atoms with E-state index in [0.717, 1.165) is 17.5 Å². The van der Waals surface area contributed by atoms with E-state index in [0.29, 0.717) is 22.5 Å². The molecule has 32 heavy (non-hydrogen) atoms. The maximum Gasteiger partial charge on any atom is 0.332 e. The number of carbonyl (C=O) groups is 2. The van der Waals surface area contributed by atoms with E-state index < -0.39 is 15.1 Å². The number of halogens is 1. The van der Waals surface area contributed by atoms with E-state index in [1.54, 1.807) is 36.4 Å². The summed E-state index contributed by atoms with van der Waals surface area (Å²) < 4.78 is 40.1. The van der Waals surface area contributed by atoms with Crippen LogP contribution in [0.15, 0.2) is 88.2 Å². The van der Waals surface area contributed by atoms with Gasteiger partial charge in [-0.15, -0.1) is 3.89 Å². The zero-order valence-corrected chi connectivity index (χ0v) is 17.4. The Morgan fingerprint density at radius 1 is 0.844 bits per heavy atom. The van der Waals surface area contributed by atoms with Crippen LogP contribution in [0, 0.1) is 0 Å². The monoisotopic (exact) mass is 452 g/mol. The zero-order valence-electron chi connectivity index (χ0n) is 16.5. The van der Waals surface area contributed by atoms with Gasteiger partial charge in [0.2, 0.25) is 5.91 Å². The molecular weight excluding hydrogens is 435 g/mol. The highest BCUT2D eigenvalue weighted by molar-refractivity contribution is 7.86. The molecule has 2 N–H and O–H groups in total. The van der Waals surface area contributed by atoms with Crippen LogP contribution < -0.4 is 10.6 Å². The van der Waals surface area contributed by atoms with Crippen molar-refractivity contribution in [1.29, 1.82) is 0 Å². The van der Waals surface area contributed by atoms with Gasteiger partial charge in [-0.1, -0.05) is 30.3 Å². The summed E-state index contributed by atoms with van der Waals surface area (Å²) in [5.74, 6) is -0.522. The lowest BCUT2D eigenvalue weighted by atomic mass is 10.1. The van der Waals surface area contributed by atoms with Crippen LogP contribution in [0.4, 0.5) is 15.3 Å². The summed E-state index contributed by atoms with van der Waals surface area (Å²) in [5.41, 5.74) is 2.21. The van der Waals surface area contributed by atoms with Crippen LogP contribution in [0.2, 0.25) is 0 Å². The van der Waals surface area contributed by atoms with Crippen molar-refractivity contribution < 1.29 is 26.3 Å². The predicted molar refractivity (Wildman–Crippen MR) is 118 cm³/mol. The van der Waals surface area contributed by atoms with Crippen LogP contribution in [0.1, 0.15) is 16.1 Å². The largest absolute Gasteiger partial charge is 0.451 e. The van der Waals surface area contributed by atoms with Gasteiger partial charge in [-0.3, -0.25) is 9.59 Å². The van der Waals surface area contributed by atoms with Gasteiger partial charge in [0.15, 0.2) is 5.76 Å². The minimum atomic E-state index is -4.78. The number of hydrogen-bond donors (Lipinski definition) is 2. The molecule has 3 aromatic carbocycles. The van der Waals surface area contributed by atoms with Crippen molar-refractivity contribution >= 4 is 44.4 Å². The lowest BCUT2D eigenvalue weighted by Crippen LogP contribution is -2.14. The fraction of sp³-hybridized carbons (Fsp3) is 0.0435. The summed E-state index contributed by atoms with van der Waals surface area (Å²) in [6.07, 6.45) is 0.0565. The van der Waals surface area contributed by atoms with E-state index in [1.165, 1.54) is 12.1 Å². The van der Waals surface area contributed by atoms with E-state index in [9.17, 15) is 21.9 Å². The lowest BCUT2D eigenvalue weighted by Gasteiger charge is -2.07. The minimum Gasteiger partial charge on any atom is -0.451 e. The number of nitrogens with one attached hydrogen (secondary N) is 2.